The Balaban J connectivity index is 1.53. The van der Waals surface area contributed by atoms with Crippen molar-refractivity contribution in [2.45, 2.75) is 31.8 Å². The topological polar surface area (TPSA) is 138 Å². The molecule has 0 aliphatic rings. The predicted molar refractivity (Wildman–Crippen MR) is 147 cm³/mol. The third kappa shape index (κ3) is 5.20. The Bertz CT molecular complexity index is 1650. The zero-order valence-electron chi connectivity index (χ0n) is 21.2. The first-order chi connectivity index (χ1) is 18.6. The van der Waals surface area contributed by atoms with E-state index in [9.17, 15) is 13.6 Å². The van der Waals surface area contributed by atoms with E-state index in [2.05, 4.69) is 25.6 Å². The molecule has 2 aromatic carbocycles. The maximum Gasteiger partial charge on any atom is 0.237 e. The number of benzene rings is 2. The highest BCUT2D eigenvalue weighted by Crippen LogP contribution is 2.42. The van der Waals surface area contributed by atoms with Gasteiger partial charge in [0.1, 0.15) is 11.5 Å². The molecule has 0 aliphatic carbocycles. The normalized spacial score (nSPS) is 13.8. The Hall–Kier alpha value is -4.29. The molecule has 5 rings (SSSR count). The van der Waals surface area contributed by atoms with Gasteiger partial charge in [-0.1, -0.05) is 36.4 Å². The molecule has 0 saturated carbocycles. The molecule has 9 nitrogen and oxygen atoms in total. The summed E-state index contributed by atoms with van der Waals surface area (Å²) in [7, 11) is 0. The lowest BCUT2D eigenvalue weighted by molar-refractivity contribution is -0.123. The summed E-state index contributed by atoms with van der Waals surface area (Å²) < 4.78 is 31.9. The third-order valence-corrected chi connectivity index (χ3v) is 8.01. The molecular weight excluding hydrogens is 522 g/mol. The third-order valence-electron chi connectivity index (χ3n) is 6.82. The first kappa shape index (κ1) is 26.3. The number of nitrogens with zero attached hydrogens (tertiary/aromatic N) is 5. The van der Waals surface area contributed by atoms with Crippen LogP contribution in [0.3, 0.4) is 0 Å². The van der Waals surface area contributed by atoms with Gasteiger partial charge < -0.3 is 16.8 Å². The van der Waals surface area contributed by atoms with Crippen LogP contribution in [0.25, 0.3) is 31.8 Å². The molecule has 1 unspecified atom stereocenters. The van der Waals surface area contributed by atoms with Crippen molar-refractivity contribution in [3.05, 3.63) is 78.3 Å². The van der Waals surface area contributed by atoms with Crippen LogP contribution < -0.4 is 16.8 Å². The molecule has 3 heterocycles. The van der Waals surface area contributed by atoms with E-state index >= 15 is 0 Å². The Labute approximate surface area is 226 Å². The highest BCUT2D eigenvalue weighted by molar-refractivity contribution is 7.22. The van der Waals surface area contributed by atoms with Gasteiger partial charge in [-0.25, -0.2) is 18.7 Å². The van der Waals surface area contributed by atoms with Crippen molar-refractivity contribution < 1.29 is 13.6 Å². The van der Waals surface area contributed by atoms with Crippen LogP contribution >= 0.6 is 11.3 Å². The number of rotatable bonds is 9. The standard InChI is InChI=1S/C27H26F2N8OS/c1-15(27(2,31)25(30)38)18-7-6-17(28)13-20(18)19-5-3-4-16-12-22(39-24(16)19)23-21(29)14-33-26(35-23)32-8-10-37-11-9-34-36-37/h3-7,9,11-15H,8,10,31H2,1-2H3,(H2,30,38)(H,32,33,35)/t15-,27?/m1/s1. The molecule has 0 aliphatic heterocycles. The van der Waals surface area contributed by atoms with Gasteiger partial charge in [0.15, 0.2) is 5.82 Å². The van der Waals surface area contributed by atoms with Gasteiger partial charge in [-0.2, -0.15) is 0 Å². The van der Waals surface area contributed by atoms with Gasteiger partial charge in [-0.15, -0.1) is 16.4 Å². The summed E-state index contributed by atoms with van der Waals surface area (Å²) in [5.74, 6) is -1.89. The van der Waals surface area contributed by atoms with Crippen molar-refractivity contribution in [2.24, 2.45) is 11.5 Å². The number of aromatic nitrogens is 5. The molecule has 0 fully saturated rings. The molecular formula is C27H26F2N8OS. The summed E-state index contributed by atoms with van der Waals surface area (Å²) in [6.45, 7) is 4.35. The van der Waals surface area contributed by atoms with E-state index in [1.807, 2.05) is 24.3 Å². The van der Waals surface area contributed by atoms with Crippen LogP contribution in [-0.2, 0) is 11.3 Å². The fraction of sp³-hybridized carbons (Fsp3) is 0.222. The van der Waals surface area contributed by atoms with Crippen LogP contribution in [-0.4, -0.2) is 43.0 Å². The molecule has 1 amide bonds. The number of fused-ring (bicyclic) bond motifs is 1. The lowest BCUT2D eigenvalue weighted by Gasteiger charge is -2.30. The van der Waals surface area contributed by atoms with E-state index in [0.717, 1.165) is 21.8 Å². The van der Waals surface area contributed by atoms with Gasteiger partial charge in [-0.05, 0) is 47.2 Å². The van der Waals surface area contributed by atoms with Gasteiger partial charge in [-0.3, -0.25) is 9.48 Å². The number of primary amides is 1. The van der Waals surface area contributed by atoms with Crippen LogP contribution in [0.15, 0.2) is 61.1 Å². The second kappa shape index (κ2) is 10.5. The molecule has 3 aromatic heterocycles. The highest BCUT2D eigenvalue weighted by Gasteiger charge is 2.35. The van der Waals surface area contributed by atoms with Crippen LogP contribution in [0, 0.1) is 11.6 Å². The minimum atomic E-state index is -1.36. The predicted octanol–water partition coefficient (Wildman–Crippen LogP) is 4.31. The lowest BCUT2D eigenvalue weighted by atomic mass is 9.79. The van der Waals surface area contributed by atoms with Gasteiger partial charge >= 0.3 is 0 Å². The molecule has 0 radical (unpaired) electrons. The fourth-order valence-corrected chi connectivity index (χ4v) is 5.51. The Kier molecular flexibility index (Phi) is 7.06. The van der Waals surface area contributed by atoms with Crippen molar-refractivity contribution in [3.63, 3.8) is 0 Å². The molecule has 0 bridgehead atoms. The van der Waals surface area contributed by atoms with Crippen LogP contribution in [0.1, 0.15) is 25.3 Å². The zero-order valence-corrected chi connectivity index (χ0v) is 22.0. The van der Waals surface area contributed by atoms with Gasteiger partial charge in [0, 0.05) is 23.4 Å². The summed E-state index contributed by atoms with van der Waals surface area (Å²) in [4.78, 5) is 21.1. The molecule has 200 valence electrons. The summed E-state index contributed by atoms with van der Waals surface area (Å²) in [5, 5.41) is 11.6. The smallest absolute Gasteiger partial charge is 0.237 e. The summed E-state index contributed by atoms with van der Waals surface area (Å²) in [6, 6.07) is 11.8. The number of carbonyl (C=O) groups is 1. The Morgan fingerprint density at radius 3 is 2.77 bits per heavy atom. The SMILES string of the molecule is C[C@H](c1ccc(F)cc1-c1cccc2cc(-c3nc(NCCn4ccnn4)ncc3F)sc12)C(C)(N)C(N)=O. The quantitative estimate of drug-likeness (QED) is 0.250. The number of amides is 1. The summed E-state index contributed by atoms with van der Waals surface area (Å²) >= 11 is 1.33. The van der Waals surface area contributed by atoms with Gasteiger partial charge in [0.25, 0.3) is 0 Å². The van der Waals surface area contributed by atoms with E-state index in [1.54, 1.807) is 37.0 Å². The molecule has 12 heteroatoms. The first-order valence-electron chi connectivity index (χ1n) is 12.2. The minimum Gasteiger partial charge on any atom is -0.368 e. The molecule has 0 spiro atoms. The number of hydrogen-bond acceptors (Lipinski definition) is 8. The first-order valence-corrected chi connectivity index (χ1v) is 13.0. The number of carbonyl (C=O) groups excluding carboxylic acids is 1. The number of nitrogens with two attached hydrogens (primary N) is 2. The lowest BCUT2D eigenvalue weighted by Crippen LogP contribution is -2.53. The Morgan fingerprint density at radius 2 is 2.03 bits per heavy atom. The van der Waals surface area contributed by atoms with Crippen molar-refractivity contribution >= 4 is 33.3 Å². The zero-order chi connectivity index (χ0) is 27.7. The molecule has 0 saturated heterocycles. The molecule has 5 aromatic rings. The highest BCUT2D eigenvalue weighted by atomic mass is 32.1. The van der Waals surface area contributed by atoms with Crippen LogP contribution in [0.2, 0.25) is 0 Å². The second-order valence-electron chi connectivity index (χ2n) is 9.42. The average molecular weight is 549 g/mol. The van der Waals surface area contributed by atoms with Crippen molar-refractivity contribution in [3.8, 4) is 21.7 Å². The number of thiophene rings is 1. The van der Waals surface area contributed by atoms with E-state index in [4.69, 9.17) is 11.5 Å². The number of nitrogens with one attached hydrogen (secondary N) is 1. The van der Waals surface area contributed by atoms with E-state index < -0.39 is 29.0 Å². The van der Waals surface area contributed by atoms with E-state index in [-0.39, 0.29) is 11.6 Å². The maximum atomic E-state index is 14.9. The molecule has 2 atom stereocenters. The largest absolute Gasteiger partial charge is 0.368 e. The summed E-state index contributed by atoms with van der Waals surface area (Å²) in [6.07, 6.45) is 4.45. The number of halogens is 2. The van der Waals surface area contributed by atoms with E-state index in [0.29, 0.717) is 29.1 Å². The molecule has 5 N–H and O–H groups in total. The fourth-order valence-electron chi connectivity index (χ4n) is 4.33. The number of hydrogen-bond donors (Lipinski definition) is 3. The van der Waals surface area contributed by atoms with E-state index in [1.165, 1.54) is 23.5 Å². The number of anilines is 1. The van der Waals surface area contributed by atoms with Crippen molar-refractivity contribution in [2.75, 3.05) is 11.9 Å². The monoisotopic (exact) mass is 548 g/mol. The van der Waals surface area contributed by atoms with Crippen molar-refractivity contribution in [1.29, 1.82) is 0 Å². The minimum absolute atomic E-state index is 0.150. The van der Waals surface area contributed by atoms with Crippen LogP contribution in [0.4, 0.5) is 14.7 Å². The molecule has 39 heavy (non-hydrogen) atoms. The second-order valence-corrected chi connectivity index (χ2v) is 10.5. The van der Waals surface area contributed by atoms with Crippen LogP contribution in [0.5, 0.6) is 0 Å². The summed E-state index contributed by atoms with van der Waals surface area (Å²) in [5.41, 5.74) is 12.6. The maximum absolute atomic E-state index is 14.9. The van der Waals surface area contributed by atoms with Gasteiger partial charge in [0.2, 0.25) is 11.9 Å². The average Bonchev–Trinajstić information content (AvgIpc) is 3.59. The van der Waals surface area contributed by atoms with Crippen molar-refractivity contribution in [1.82, 2.24) is 25.0 Å². The van der Waals surface area contributed by atoms with Gasteiger partial charge in [0.05, 0.1) is 29.4 Å². The Morgan fingerprint density at radius 1 is 1.21 bits per heavy atom.